The number of rotatable bonds is 5. The molecule has 0 aliphatic rings. The number of hydrogen-bond acceptors (Lipinski definition) is 2. The molecule has 0 bridgehead atoms. The molecule has 132 valence electrons. The molecule has 0 unspecified atom stereocenters. The fraction of sp³-hybridized carbons (Fsp3) is 0.0500. The molecule has 2 amide bonds. The van der Waals surface area contributed by atoms with Crippen LogP contribution < -0.4 is 15.4 Å². The summed E-state index contributed by atoms with van der Waals surface area (Å²) < 4.78 is 5.72. The summed E-state index contributed by atoms with van der Waals surface area (Å²) in [6.07, 6.45) is 0. The predicted molar refractivity (Wildman–Crippen MR) is 106 cm³/mol. The van der Waals surface area contributed by atoms with Gasteiger partial charge in [0.1, 0.15) is 12.4 Å². The van der Waals surface area contributed by atoms with Crippen molar-refractivity contribution in [3.63, 3.8) is 0 Å². The maximum Gasteiger partial charge on any atom is 0.323 e. The SMILES string of the molecule is O=C(Nc1ccc(OCc2ccccc2)cc1)Nc1ccc(Cl)c(Cl)c1. The maximum atomic E-state index is 12.0. The minimum Gasteiger partial charge on any atom is -0.489 e. The number of carbonyl (C=O) groups excluding carboxylic acids is 1. The van der Waals surface area contributed by atoms with Gasteiger partial charge in [-0.15, -0.1) is 0 Å². The van der Waals surface area contributed by atoms with Crippen LogP contribution in [0.25, 0.3) is 0 Å². The van der Waals surface area contributed by atoms with E-state index in [0.29, 0.717) is 28.0 Å². The van der Waals surface area contributed by atoms with Crippen molar-refractivity contribution in [2.75, 3.05) is 10.6 Å². The average Bonchev–Trinajstić information content (AvgIpc) is 2.65. The molecule has 3 aromatic carbocycles. The molecule has 0 saturated carbocycles. The molecule has 3 aromatic rings. The highest BCUT2D eigenvalue weighted by molar-refractivity contribution is 6.42. The van der Waals surface area contributed by atoms with E-state index in [4.69, 9.17) is 27.9 Å². The Morgan fingerprint density at radius 3 is 2.15 bits per heavy atom. The second-order valence-electron chi connectivity index (χ2n) is 5.51. The van der Waals surface area contributed by atoms with Gasteiger partial charge < -0.3 is 15.4 Å². The molecule has 0 saturated heterocycles. The number of ether oxygens (including phenoxy) is 1. The first-order chi connectivity index (χ1) is 12.6. The zero-order chi connectivity index (χ0) is 18.4. The normalized spacial score (nSPS) is 10.2. The minimum absolute atomic E-state index is 0.374. The summed E-state index contributed by atoms with van der Waals surface area (Å²) in [5, 5.41) is 6.25. The Labute approximate surface area is 161 Å². The van der Waals surface area contributed by atoms with E-state index in [2.05, 4.69) is 10.6 Å². The van der Waals surface area contributed by atoms with Gasteiger partial charge in [-0.2, -0.15) is 0 Å². The number of amides is 2. The zero-order valence-corrected chi connectivity index (χ0v) is 15.2. The molecule has 0 fully saturated rings. The molecule has 0 heterocycles. The molecular weight excluding hydrogens is 371 g/mol. The quantitative estimate of drug-likeness (QED) is 0.546. The molecule has 26 heavy (non-hydrogen) atoms. The summed E-state index contributed by atoms with van der Waals surface area (Å²) in [6, 6.07) is 21.6. The molecule has 4 nitrogen and oxygen atoms in total. The van der Waals surface area contributed by atoms with Crippen LogP contribution in [-0.4, -0.2) is 6.03 Å². The Balaban J connectivity index is 1.53. The second kappa shape index (κ2) is 8.61. The van der Waals surface area contributed by atoms with Crippen molar-refractivity contribution in [2.24, 2.45) is 0 Å². The van der Waals surface area contributed by atoms with E-state index in [-0.39, 0.29) is 6.03 Å². The molecule has 0 aromatic heterocycles. The highest BCUT2D eigenvalue weighted by atomic mass is 35.5. The van der Waals surface area contributed by atoms with Crippen molar-refractivity contribution >= 4 is 40.6 Å². The third-order valence-corrected chi connectivity index (χ3v) is 4.28. The first-order valence-corrected chi connectivity index (χ1v) is 8.65. The van der Waals surface area contributed by atoms with Crippen LogP contribution >= 0.6 is 23.2 Å². The summed E-state index contributed by atoms with van der Waals surface area (Å²) in [5.41, 5.74) is 2.30. The molecule has 0 aliphatic heterocycles. The van der Waals surface area contributed by atoms with E-state index in [9.17, 15) is 4.79 Å². The van der Waals surface area contributed by atoms with E-state index in [1.54, 1.807) is 42.5 Å². The number of nitrogens with one attached hydrogen (secondary N) is 2. The summed E-state index contributed by atoms with van der Waals surface area (Å²) in [5.74, 6) is 0.726. The van der Waals surface area contributed by atoms with Crippen LogP contribution in [0.4, 0.5) is 16.2 Å². The smallest absolute Gasteiger partial charge is 0.323 e. The third-order valence-electron chi connectivity index (χ3n) is 3.54. The minimum atomic E-state index is -0.374. The van der Waals surface area contributed by atoms with Crippen LogP contribution in [0.2, 0.25) is 10.0 Å². The summed E-state index contributed by atoms with van der Waals surface area (Å²) in [7, 11) is 0. The lowest BCUT2D eigenvalue weighted by Crippen LogP contribution is -2.19. The Hall–Kier alpha value is -2.69. The van der Waals surface area contributed by atoms with Crippen LogP contribution in [0, 0.1) is 0 Å². The van der Waals surface area contributed by atoms with Gasteiger partial charge >= 0.3 is 6.03 Å². The fourth-order valence-electron chi connectivity index (χ4n) is 2.24. The van der Waals surface area contributed by atoms with Crippen LogP contribution in [-0.2, 0) is 6.61 Å². The van der Waals surface area contributed by atoms with E-state index < -0.39 is 0 Å². The second-order valence-corrected chi connectivity index (χ2v) is 6.32. The number of urea groups is 1. The van der Waals surface area contributed by atoms with Crippen molar-refractivity contribution in [1.82, 2.24) is 0 Å². The highest BCUT2D eigenvalue weighted by Gasteiger charge is 2.05. The zero-order valence-electron chi connectivity index (χ0n) is 13.7. The summed E-state index contributed by atoms with van der Waals surface area (Å²) >= 11 is 11.8. The van der Waals surface area contributed by atoms with Gasteiger partial charge in [-0.05, 0) is 48.0 Å². The molecule has 3 rings (SSSR count). The predicted octanol–water partition coefficient (Wildman–Crippen LogP) is 6.22. The summed E-state index contributed by atoms with van der Waals surface area (Å²) in [4.78, 5) is 12.0. The van der Waals surface area contributed by atoms with Gasteiger partial charge in [0, 0.05) is 11.4 Å². The van der Waals surface area contributed by atoms with Gasteiger partial charge in [-0.3, -0.25) is 0 Å². The molecule has 2 N–H and O–H groups in total. The Morgan fingerprint density at radius 1 is 0.808 bits per heavy atom. The van der Waals surface area contributed by atoms with Gasteiger partial charge in [0.2, 0.25) is 0 Å². The van der Waals surface area contributed by atoms with Crippen LogP contribution in [0.15, 0.2) is 72.8 Å². The van der Waals surface area contributed by atoms with E-state index in [1.807, 2.05) is 30.3 Å². The lowest BCUT2D eigenvalue weighted by molar-refractivity contribution is 0.262. The third kappa shape index (κ3) is 5.15. The Morgan fingerprint density at radius 2 is 1.46 bits per heavy atom. The van der Waals surface area contributed by atoms with Crippen molar-refractivity contribution in [2.45, 2.75) is 6.61 Å². The van der Waals surface area contributed by atoms with Crippen LogP contribution in [0.1, 0.15) is 5.56 Å². The van der Waals surface area contributed by atoms with E-state index in [1.165, 1.54) is 0 Å². The maximum absolute atomic E-state index is 12.0. The molecule has 6 heteroatoms. The van der Waals surface area contributed by atoms with Gasteiger partial charge in [0.15, 0.2) is 0 Å². The Kier molecular flexibility index (Phi) is 6.00. The highest BCUT2D eigenvalue weighted by Crippen LogP contribution is 2.25. The van der Waals surface area contributed by atoms with E-state index >= 15 is 0 Å². The van der Waals surface area contributed by atoms with Crippen LogP contribution in [0.5, 0.6) is 5.75 Å². The summed E-state index contributed by atoms with van der Waals surface area (Å²) in [6.45, 7) is 0.491. The standard InChI is InChI=1S/C20H16Cl2N2O2/c21-18-11-8-16(12-19(18)22)24-20(25)23-15-6-9-17(10-7-15)26-13-14-4-2-1-3-5-14/h1-12H,13H2,(H2,23,24,25). The van der Waals surface area contributed by atoms with Gasteiger partial charge in [-0.1, -0.05) is 53.5 Å². The van der Waals surface area contributed by atoms with Crippen molar-refractivity contribution in [3.05, 3.63) is 88.4 Å². The molecule has 0 radical (unpaired) electrons. The van der Waals surface area contributed by atoms with Crippen LogP contribution in [0.3, 0.4) is 0 Å². The number of anilines is 2. The topological polar surface area (TPSA) is 50.4 Å². The van der Waals surface area contributed by atoms with Gasteiger partial charge in [0.25, 0.3) is 0 Å². The van der Waals surface area contributed by atoms with Crippen molar-refractivity contribution in [3.8, 4) is 5.75 Å². The average molecular weight is 387 g/mol. The molecule has 0 atom stereocenters. The molecule has 0 aliphatic carbocycles. The monoisotopic (exact) mass is 386 g/mol. The molecular formula is C20H16Cl2N2O2. The van der Waals surface area contributed by atoms with Crippen molar-refractivity contribution < 1.29 is 9.53 Å². The number of halogens is 2. The lowest BCUT2D eigenvalue weighted by Gasteiger charge is -2.10. The Bertz CT molecular complexity index is 884. The number of carbonyl (C=O) groups is 1. The first-order valence-electron chi connectivity index (χ1n) is 7.90. The number of hydrogen-bond donors (Lipinski definition) is 2. The largest absolute Gasteiger partial charge is 0.489 e. The molecule has 0 spiro atoms. The van der Waals surface area contributed by atoms with E-state index in [0.717, 1.165) is 11.3 Å². The number of benzene rings is 3. The van der Waals surface area contributed by atoms with Gasteiger partial charge in [-0.25, -0.2) is 4.79 Å². The lowest BCUT2D eigenvalue weighted by atomic mass is 10.2. The first kappa shape index (κ1) is 18.1. The fourth-order valence-corrected chi connectivity index (χ4v) is 2.54. The van der Waals surface area contributed by atoms with Crippen molar-refractivity contribution in [1.29, 1.82) is 0 Å². The van der Waals surface area contributed by atoms with Gasteiger partial charge in [0.05, 0.1) is 10.0 Å².